The van der Waals surface area contributed by atoms with E-state index in [0.717, 1.165) is 24.8 Å². The van der Waals surface area contributed by atoms with E-state index >= 15 is 0 Å². The van der Waals surface area contributed by atoms with E-state index in [-0.39, 0.29) is 5.97 Å². The summed E-state index contributed by atoms with van der Waals surface area (Å²) in [5.74, 6) is -0.0855. The second-order valence-electron chi connectivity index (χ2n) is 4.61. The highest BCUT2D eigenvalue weighted by molar-refractivity contribution is 5.69. The highest BCUT2D eigenvalue weighted by atomic mass is 16.5. The summed E-state index contributed by atoms with van der Waals surface area (Å²) >= 11 is 0. The third-order valence-electron chi connectivity index (χ3n) is 2.67. The minimum Gasteiger partial charge on any atom is -0.461 e. The highest BCUT2D eigenvalue weighted by Gasteiger charge is 2.03. The topological polar surface area (TPSA) is 26.3 Å². The number of hydrogen-bond acceptors (Lipinski definition) is 2. The normalized spacial score (nSPS) is 10.3. The Bertz CT molecular complexity index is 349. The van der Waals surface area contributed by atoms with E-state index in [0.29, 0.717) is 13.0 Å². The van der Waals surface area contributed by atoms with Gasteiger partial charge in [0, 0.05) is 6.42 Å². The zero-order chi connectivity index (χ0) is 12.7. The van der Waals surface area contributed by atoms with Crippen LogP contribution in [0.25, 0.3) is 0 Å². The molecule has 0 radical (unpaired) electrons. The summed E-state index contributed by atoms with van der Waals surface area (Å²) in [5, 5.41) is 0. The summed E-state index contributed by atoms with van der Waals surface area (Å²) in [6.45, 7) is 6.63. The Kier molecular flexibility index (Phi) is 5.75. The van der Waals surface area contributed by atoms with Crippen LogP contribution in [0.1, 0.15) is 49.3 Å². The smallest absolute Gasteiger partial charge is 0.306 e. The summed E-state index contributed by atoms with van der Waals surface area (Å²) in [4.78, 5) is 11.4. The van der Waals surface area contributed by atoms with Crippen LogP contribution in [0.2, 0.25) is 0 Å². The van der Waals surface area contributed by atoms with Crippen LogP contribution >= 0.6 is 0 Å². The van der Waals surface area contributed by atoms with Crippen molar-refractivity contribution < 1.29 is 9.53 Å². The Labute approximate surface area is 104 Å². The second-order valence-corrected chi connectivity index (χ2v) is 4.61. The number of benzene rings is 1. The monoisotopic (exact) mass is 234 g/mol. The molecule has 17 heavy (non-hydrogen) atoms. The van der Waals surface area contributed by atoms with Crippen LogP contribution in [0.5, 0.6) is 0 Å². The molecule has 0 aliphatic heterocycles. The van der Waals surface area contributed by atoms with Crippen molar-refractivity contribution in [1.82, 2.24) is 0 Å². The Morgan fingerprint density at radius 3 is 2.35 bits per heavy atom. The lowest BCUT2D eigenvalue weighted by Gasteiger charge is -2.06. The van der Waals surface area contributed by atoms with Crippen LogP contribution in [0.3, 0.4) is 0 Å². The van der Waals surface area contributed by atoms with Gasteiger partial charge in [0.1, 0.15) is 6.61 Å². The second kappa shape index (κ2) is 7.10. The molecule has 0 heterocycles. The number of carbonyl (C=O) groups is 1. The van der Waals surface area contributed by atoms with Crippen molar-refractivity contribution in [1.29, 1.82) is 0 Å². The van der Waals surface area contributed by atoms with Crippen molar-refractivity contribution in [3.63, 3.8) is 0 Å². The number of aryl methyl sites for hydroxylation is 2. The molecule has 0 bridgehead atoms. The summed E-state index contributed by atoms with van der Waals surface area (Å²) in [6.07, 6.45) is 3.70. The lowest BCUT2D eigenvalue weighted by molar-refractivity contribution is -0.145. The molecule has 1 aromatic rings. The molecule has 94 valence electrons. The van der Waals surface area contributed by atoms with Gasteiger partial charge in [0.15, 0.2) is 0 Å². The number of ether oxygens (including phenoxy) is 1. The van der Waals surface area contributed by atoms with Crippen molar-refractivity contribution in [2.75, 3.05) is 0 Å². The fraction of sp³-hybridized carbons (Fsp3) is 0.533. The minimum absolute atomic E-state index is 0.0855. The van der Waals surface area contributed by atoms with Gasteiger partial charge in [-0.3, -0.25) is 4.79 Å². The molecule has 0 aromatic heterocycles. The third-order valence-corrected chi connectivity index (χ3v) is 2.67. The summed E-state index contributed by atoms with van der Waals surface area (Å²) in [5.41, 5.74) is 3.50. The molecule has 2 heteroatoms. The quantitative estimate of drug-likeness (QED) is 0.550. The van der Waals surface area contributed by atoms with Crippen molar-refractivity contribution in [3.05, 3.63) is 34.9 Å². The van der Waals surface area contributed by atoms with E-state index in [1.165, 1.54) is 11.1 Å². The average Bonchev–Trinajstić information content (AvgIpc) is 2.25. The third kappa shape index (κ3) is 5.53. The number of rotatable bonds is 6. The van der Waals surface area contributed by atoms with Crippen LogP contribution in [-0.2, 0) is 16.1 Å². The zero-order valence-electron chi connectivity index (χ0n) is 11.1. The molecule has 0 N–H and O–H groups in total. The number of hydrogen-bond donors (Lipinski definition) is 0. The standard InChI is InChI=1S/C15H22O2/c1-4-5-6-7-15(16)17-11-14-9-12(2)8-13(3)10-14/h8-10H,4-7,11H2,1-3H3. The van der Waals surface area contributed by atoms with Crippen LogP contribution in [0.4, 0.5) is 0 Å². The van der Waals surface area contributed by atoms with Gasteiger partial charge in [-0.15, -0.1) is 0 Å². The van der Waals surface area contributed by atoms with E-state index in [1.807, 2.05) is 0 Å². The largest absolute Gasteiger partial charge is 0.461 e. The minimum atomic E-state index is -0.0855. The van der Waals surface area contributed by atoms with Gasteiger partial charge in [-0.05, 0) is 25.8 Å². The van der Waals surface area contributed by atoms with Gasteiger partial charge in [-0.2, -0.15) is 0 Å². The van der Waals surface area contributed by atoms with E-state index in [1.54, 1.807) is 0 Å². The molecule has 0 spiro atoms. The van der Waals surface area contributed by atoms with Gasteiger partial charge in [0.25, 0.3) is 0 Å². The molecule has 0 atom stereocenters. The van der Waals surface area contributed by atoms with Gasteiger partial charge in [-0.25, -0.2) is 0 Å². The fourth-order valence-electron chi connectivity index (χ4n) is 1.91. The van der Waals surface area contributed by atoms with Crippen LogP contribution in [-0.4, -0.2) is 5.97 Å². The van der Waals surface area contributed by atoms with Crippen molar-refractivity contribution in [2.24, 2.45) is 0 Å². The van der Waals surface area contributed by atoms with Gasteiger partial charge in [0.05, 0.1) is 0 Å². The lowest BCUT2D eigenvalue weighted by atomic mass is 10.1. The number of esters is 1. The Hall–Kier alpha value is -1.31. The molecule has 0 saturated carbocycles. The van der Waals surface area contributed by atoms with Gasteiger partial charge >= 0.3 is 5.97 Å². The molecule has 1 rings (SSSR count). The molecule has 0 aliphatic rings. The molecule has 0 amide bonds. The predicted octanol–water partition coefficient (Wildman–Crippen LogP) is 3.93. The molecule has 1 aromatic carbocycles. The average molecular weight is 234 g/mol. The Morgan fingerprint density at radius 2 is 1.76 bits per heavy atom. The maximum atomic E-state index is 11.4. The lowest BCUT2D eigenvalue weighted by Crippen LogP contribution is -2.04. The van der Waals surface area contributed by atoms with Crippen LogP contribution < -0.4 is 0 Å². The molecule has 2 nitrogen and oxygen atoms in total. The first-order valence-electron chi connectivity index (χ1n) is 6.34. The molecule has 0 fully saturated rings. The van der Waals surface area contributed by atoms with Crippen molar-refractivity contribution in [3.8, 4) is 0 Å². The summed E-state index contributed by atoms with van der Waals surface area (Å²) in [6, 6.07) is 6.24. The maximum Gasteiger partial charge on any atom is 0.306 e. The van der Waals surface area contributed by atoms with Crippen molar-refractivity contribution >= 4 is 5.97 Å². The highest BCUT2D eigenvalue weighted by Crippen LogP contribution is 2.10. The number of unbranched alkanes of at least 4 members (excludes halogenated alkanes) is 2. The zero-order valence-corrected chi connectivity index (χ0v) is 11.1. The molecule has 0 saturated heterocycles. The van der Waals surface area contributed by atoms with E-state index in [9.17, 15) is 4.79 Å². The first-order chi connectivity index (χ1) is 8.11. The molecule has 0 aliphatic carbocycles. The van der Waals surface area contributed by atoms with E-state index in [4.69, 9.17) is 4.74 Å². The molecular weight excluding hydrogens is 212 g/mol. The van der Waals surface area contributed by atoms with Crippen molar-refractivity contribution in [2.45, 2.75) is 53.1 Å². The number of carbonyl (C=O) groups excluding carboxylic acids is 1. The van der Waals surface area contributed by atoms with Gasteiger partial charge in [-0.1, -0.05) is 49.1 Å². The summed E-state index contributed by atoms with van der Waals surface area (Å²) in [7, 11) is 0. The van der Waals surface area contributed by atoms with Crippen LogP contribution in [0.15, 0.2) is 18.2 Å². The maximum absolute atomic E-state index is 11.4. The summed E-state index contributed by atoms with van der Waals surface area (Å²) < 4.78 is 5.25. The molecular formula is C15H22O2. The van der Waals surface area contributed by atoms with E-state index < -0.39 is 0 Å². The van der Waals surface area contributed by atoms with E-state index in [2.05, 4.69) is 39.0 Å². The van der Waals surface area contributed by atoms with Crippen LogP contribution in [0, 0.1) is 13.8 Å². The Balaban J connectivity index is 2.36. The first-order valence-corrected chi connectivity index (χ1v) is 6.34. The molecule has 0 unspecified atom stereocenters. The first kappa shape index (κ1) is 13.8. The Morgan fingerprint density at radius 1 is 1.12 bits per heavy atom. The van der Waals surface area contributed by atoms with Gasteiger partial charge in [0.2, 0.25) is 0 Å². The predicted molar refractivity (Wildman–Crippen MR) is 69.9 cm³/mol. The SMILES string of the molecule is CCCCCC(=O)OCc1cc(C)cc(C)c1. The van der Waals surface area contributed by atoms with Gasteiger partial charge < -0.3 is 4.74 Å². The fourth-order valence-corrected chi connectivity index (χ4v) is 1.91.